The number of rotatable bonds is 13. The summed E-state index contributed by atoms with van der Waals surface area (Å²) in [6.07, 6.45) is 4.18. The van der Waals surface area contributed by atoms with Gasteiger partial charge in [-0.25, -0.2) is 0 Å². The van der Waals surface area contributed by atoms with Crippen LogP contribution in [-0.2, 0) is 4.43 Å². The van der Waals surface area contributed by atoms with E-state index in [1.165, 1.54) is 0 Å². The number of hydrogen-bond acceptors (Lipinski definition) is 4. The summed E-state index contributed by atoms with van der Waals surface area (Å²) in [5.41, 5.74) is 1.55. The molecular formula is C22H25Cl3O4Si. The summed E-state index contributed by atoms with van der Waals surface area (Å²) in [4.78, 5) is 12.3. The zero-order valence-electron chi connectivity index (χ0n) is 16.8. The number of ketones is 1. The van der Waals surface area contributed by atoms with Crippen molar-refractivity contribution in [3.63, 3.8) is 0 Å². The number of carbonyl (C=O) groups is 1. The Morgan fingerprint density at radius 3 is 2.07 bits per heavy atom. The van der Waals surface area contributed by atoms with Crippen LogP contribution in [0.5, 0.6) is 11.5 Å². The van der Waals surface area contributed by atoms with Gasteiger partial charge in [0.1, 0.15) is 11.5 Å². The van der Waals surface area contributed by atoms with Gasteiger partial charge in [0.25, 0.3) is 0 Å². The molecule has 0 atom stereocenters. The third-order valence-corrected chi connectivity index (χ3v) is 5.77. The minimum absolute atomic E-state index is 0.0579. The summed E-state index contributed by atoms with van der Waals surface area (Å²) in [7, 11) is 1.62. The maximum absolute atomic E-state index is 12.3. The number of halogens is 3. The normalized spacial score (nSPS) is 11.6. The summed E-state index contributed by atoms with van der Waals surface area (Å²) in [6, 6.07) is 14.7. The molecule has 0 amide bonds. The lowest BCUT2D eigenvalue weighted by atomic mass is 10.1. The lowest BCUT2D eigenvalue weighted by molar-refractivity contribution is 0.104. The van der Waals surface area contributed by atoms with Gasteiger partial charge in [-0.1, -0.05) is 57.9 Å². The molecule has 0 spiro atoms. The molecule has 162 valence electrons. The van der Waals surface area contributed by atoms with Crippen LogP contribution in [0.15, 0.2) is 54.6 Å². The number of carbonyl (C=O) groups excluding carboxylic acids is 1. The molecule has 8 heteroatoms. The molecule has 0 aliphatic heterocycles. The fourth-order valence-corrected chi connectivity index (χ4v) is 3.70. The van der Waals surface area contributed by atoms with Crippen molar-refractivity contribution in [2.75, 3.05) is 20.3 Å². The summed E-state index contributed by atoms with van der Waals surface area (Å²) < 4.78 is 16.0. The molecule has 0 heterocycles. The Morgan fingerprint density at radius 2 is 1.47 bits per heavy atom. The molecule has 0 N–H and O–H groups in total. The molecule has 0 bridgehead atoms. The third-order valence-electron chi connectivity index (χ3n) is 4.25. The van der Waals surface area contributed by atoms with E-state index in [2.05, 4.69) is 0 Å². The Labute approximate surface area is 192 Å². The monoisotopic (exact) mass is 486 g/mol. The highest BCUT2D eigenvalue weighted by Crippen LogP contribution is 2.21. The Morgan fingerprint density at radius 1 is 0.867 bits per heavy atom. The minimum atomic E-state index is -2.96. The molecule has 0 radical (unpaired) electrons. The average Bonchev–Trinajstić information content (AvgIpc) is 2.74. The van der Waals surface area contributed by atoms with Crippen molar-refractivity contribution < 1.29 is 18.7 Å². The van der Waals surface area contributed by atoms with Crippen LogP contribution in [0.2, 0.25) is 0 Å². The van der Waals surface area contributed by atoms with E-state index in [0.29, 0.717) is 18.8 Å². The molecule has 2 aromatic rings. The van der Waals surface area contributed by atoms with Crippen LogP contribution in [0.4, 0.5) is 0 Å². The van der Waals surface area contributed by atoms with Gasteiger partial charge in [-0.2, -0.15) is 0 Å². The first-order chi connectivity index (χ1) is 14.4. The van der Waals surface area contributed by atoms with Crippen molar-refractivity contribution in [2.45, 2.75) is 25.7 Å². The minimum Gasteiger partial charge on any atom is -0.497 e. The molecule has 0 aromatic heterocycles. The van der Waals surface area contributed by atoms with E-state index in [9.17, 15) is 4.79 Å². The van der Waals surface area contributed by atoms with Crippen LogP contribution >= 0.6 is 33.2 Å². The largest absolute Gasteiger partial charge is 0.497 e. The Bertz CT molecular complexity index is 803. The third kappa shape index (κ3) is 10.0. The number of benzene rings is 2. The van der Waals surface area contributed by atoms with Crippen molar-refractivity contribution in [1.29, 1.82) is 0 Å². The first-order valence-electron chi connectivity index (χ1n) is 9.67. The van der Waals surface area contributed by atoms with Crippen LogP contribution in [0.3, 0.4) is 0 Å². The first-order valence-corrected chi connectivity index (χ1v) is 14.6. The quantitative estimate of drug-likeness (QED) is 0.104. The number of methoxy groups -OCH3 is 1. The van der Waals surface area contributed by atoms with Crippen molar-refractivity contribution in [3.05, 3.63) is 65.7 Å². The van der Waals surface area contributed by atoms with E-state index in [-0.39, 0.29) is 5.78 Å². The van der Waals surface area contributed by atoms with Gasteiger partial charge in [-0.3, -0.25) is 4.79 Å². The van der Waals surface area contributed by atoms with E-state index in [4.69, 9.17) is 47.1 Å². The van der Waals surface area contributed by atoms with E-state index >= 15 is 0 Å². The van der Waals surface area contributed by atoms with Crippen LogP contribution < -0.4 is 9.47 Å². The zero-order chi connectivity index (χ0) is 21.8. The number of ether oxygens (including phenoxy) is 2. The summed E-state index contributed by atoms with van der Waals surface area (Å²) in [5.74, 6) is 1.47. The van der Waals surface area contributed by atoms with E-state index in [1.807, 2.05) is 36.4 Å². The zero-order valence-corrected chi connectivity index (χ0v) is 20.1. The highest BCUT2D eigenvalue weighted by molar-refractivity contribution is 7.62. The average molecular weight is 488 g/mol. The topological polar surface area (TPSA) is 44.8 Å². The molecule has 2 rings (SSSR count). The van der Waals surface area contributed by atoms with Crippen LogP contribution in [0.1, 0.15) is 41.6 Å². The SMILES string of the molecule is COc1ccc(C=CC(=O)c2ccc(OCCCCCCO[Si](Cl)(Cl)Cl)cc2)cc1. The van der Waals surface area contributed by atoms with Crippen molar-refractivity contribution in [2.24, 2.45) is 0 Å². The molecular weight excluding hydrogens is 463 g/mol. The second kappa shape index (κ2) is 13.0. The van der Waals surface area contributed by atoms with Crippen LogP contribution in [0, 0.1) is 0 Å². The van der Waals surface area contributed by atoms with E-state index in [1.54, 1.807) is 31.4 Å². The van der Waals surface area contributed by atoms with Crippen LogP contribution in [0.25, 0.3) is 6.08 Å². The molecule has 30 heavy (non-hydrogen) atoms. The van der Waals surface area contributed by atoms with E-state index in [0.717, 1.165) is 42.7 Å². The Balaban J connectivity index is 1.67. The van der Waals surface area contributed by atoms with Crippen LogP contribution in [-0.4, -0.2) is 32.4 Å². The summed E-state index contributed by atoms with van der Waals surface area (Å²) in [6.45, 7) is 1.09. The molecule has 0 unspecified atom stereocenters. The second-order valence-electron chi connectivity index (χ2n) is 6.55. The Hall–Kier alpha value is -1.50. The molecule has 4 nitrogen and oxygen atoms in total. The lowest BCUT2D eigenvalue weighted by Crippen LogP contribution is -2.16. The fraction of sp³-hybridized carbons (Fsp3) is 0.318. The molecule has 0 aliphatic rings. The van der Waals surface area contributed by atoms with Gasteiger partial charge >= 0.3 is 6.25 Å². The summed E-state index contributed by atoms with van der Waals surface area (Å²) >= 11 is 16.9. The highest BCUT2D eigenvalue weighted by atomic mass is 35.8. The molecule has 2 aromatic carbocycles. The van der Waals surface area contributed by atoms with Crippen molar-refractivity contribution in [1.82, 2.24) is 0 Å². The molecule has 0 saturated carbocycles. The highest BCUT2D eigenvalue weighted by Gasteiger charge is 2.26. The van der Waals surface area contributed by atoms with Gasteiger partial charge < -0.3 is 13.9 Å². The van der Waals surface area contributed by atoms with E-state index < -0.39 is 6.25 Å². The maximum atomic E-state index is 12.3. The maximum Gasteiger partial charge on any atom is 0.493 e. The lowest BCUT2D eigenvalue weighted by Gasteiger charge is -2.09. The molecule has 0 aliphatic carbocycles. The fourth-order valence-electron chi connectivity index (χ4n) is 2.63. The standard InChI is InChI=1S/C22H25Cl3O4Si/c1-27-20-11-6-18(7-12-20)8-15-22(26)19-9-13-21(14-10-19)28-16-4-2-3-5-17-29-30(23,24)25/h6-15H,2-5,16-17H2,1H3. The predicted molar refractivity (Wildman–Crippen MR) is 126 cm³/mol. The number of hydrogen-bond donors (Lipinski definition) is 0. The van der Waals surface area contributed by atoms with Gasteiger partial charge in [-0.05, 0) is 67.3 Å². The Kier molecular flexibility index (Phi) is 10.8. The van der Waals surface area contributed by atoms with Crippen molar-refractivity contribution in [3.8, 4) is 11.5 Å². The second-order valence-corrected chi connectivity index (χ2v) is 14.3. The van der Waals surface area contributed by atoms with Gasteiger partial charge in [0.05, 0.1) is 13.7 Å². The predicted octanol–water partition coefficient (Wildman–Crippen LogP) is 6.70. The first kappa shape index (κ1) is 24.8. The van der Waals surface area contributed by atoms with Crippen molar-refractivity contribution >= 4 is 51.3 Å². The molecule has 0 saturated heterocycles. The van der Waals surface area contributed by atoms with Gasteiger partial charge in [-0.15, -0.1) is 0 Å². The van der Waals surface area contributed by atoms with Gasteiger partial charge in [0.15, 0.2) is 5.78 Å². The smallest absolute Gasteiger partial charge is 0.493 e. The van der Waals surface area contributed by atoms with Gasteiger partial charge in [0.2, 0.25) is 0 Å². The molecule has 0 fully saturated rings. The van der Waals surface area contributed by atoms with Gasteiger partial charge in [0, 0.05) is 12.2 Å². The summed E-state index contributed by atoms with van der Waals surface area (Å²) in [5, 5.41) is 0. The number of allylic oxidation sites excluding steroid dienone is 1. The number of unbranched alkanes of at least 4 members (excludes halogenated alkanes) is 3.